The standard InChI is InChI=1S/C26H25F3N10O2.C20H14F3N7.C20H16F2N8.C19H15FN8S/c27-20-12-22-16(14-38(34-22)25(40)30-5-6-36-7-9-41-10-8-36)11-19(20)26(28,29)24-33-32-23-4-3-21(35-39(23)24)17-13-31-37(15-17)18-1-2-18;21-15-8-17-11(5-6-24-17)7-14(15)20(22,23)19-27-26-18-4-3-16(28-30(18)19)12-9-25-29(10-12)13-1-2-13;21-20(22,13-1-4-15-11(7-13)8-17(23)25-15)19-27-26-18-6-5-16(28-30(18)19)12-9-24-29(10-12)14-2-3-14;20-13-7-15-16(29-19(21)23-15)5-10(13)6-18-25-24-17-4-3-14(26-28(17)18)11-8-22-27(9-11)12-1-2-12/h3-4,11-15,18H,1-2,5-10H2,(H,30,40);3-5,7-10,13H,1-2,6H2;1,4-7,9-10,14H,2-3,8H2,(H2,23,25);3-5,7-9,12H,1-2,6H2,(H2,21,23). The molecule has 35 nitrogen and oxygen atoms in total. The summed E-state index contributed by atoms with van der Waals surface area (Å²) in [6.07, 6.45) is 26.7. The number of hydrogen-bond acceptors (Lipinski definition) is 26. The second-order valence-electron chi connectivity index (χ2n) is 32.5. The van der Waals surface area contributed by atoms with Crippen LogP contribution in [0.2, 0.25) is 0 Å². The lowest BCUT2D eigenvalue weighted by molar-refractivity contribution is 0.0263. The van der Waals surface area contributed by atoms with Gasteiger partial charge in [-0.25, -0.2) is 27.9 Å². The Balaban J connectivity index is 0.000000103. The lowest BCUT2D eigenvalue weighted by Gasteiger charge is -2.26. The summed E-state index contributed by atoms with van der Waals surface area (Å²) in [6, 6.07) is 26.1. The summed E-state index contributed by atoms with van der Waals surface area (Å²) in [4.78, 5) is 27.1. The summed E-state index contributed by atoms with van der Waals surface area (Å²) < 4.78 is 157. The SMILES string of the molecule is Fc1cc2c(cc1C(F)(F)c1nnc3ccc(-c4cnn(C5CC5)c4)nn13)=CCN=2.NC1=Nc2ccc(C(F)(F)c3nnc4ccc(-c5cnn(C6CC6)c5)nn34)cc2C1.Nc1nc2cc(F)c(Cc3nnc4ccc(-c5cnn(C6CC6)c5)nn34)cc2s1.O=C(NCCN1CCOCC1)n1cc2cc(C(F)(F)c3nnc4ccc(-c5cnn(C6CC6)c5)nn34)c(F)cc2n1. The highest BCUT2D eigenvalue weighted by Gasteiger charge is 2.46. The van der Waals surface area contributed by atoms with Crippen LogP contribution in [0.15, 0.2) is 169 Å². The van der Waals surface area contributed by atoms with Crippen molar-refractivity contribution in [2.24, 2.45) is 15.7 Å². The number of anilines is 1. The van der Waals surface area contributed by atoms with E-state index in [9.17, 15) is 13.6 Å². The summed E-state index contributed by atoms with van der Waals surface area (Å²) in [7, 11) is 0. The number of fused-ring (bicyclic) bond motifs is 8. The molecule has 18 aromatic rings. The Bertz CT molecular complexity index is 7690. The summed E-state index contributed by atoms with van der Waals surface area (Å²) in [5.74, 6) is -14.8. The average molecular weight is 1790 g/mol. The highest BCUT2D eigenvalue weighted by Crippen LogP contribution is 2.44. The van der Waals surface area contributed by atoms with Crippen molar-refractivity contribution in [3.8, 4) is 45.0 Å². The molecule has 4 saturated carbocycles. The fourth-order valence-electron chi connectivity index (χ4n) is 15.6. The number of carbonyl (C=O) groups is 1. The van der Waals surface area contributed by atoms with Gasteiger partial charge < -0.3 is 21.5 Å². The molecule has 0 spiro atoms. The Kier molecular flexibility index (Phi) is 19.7. The number of aliphatic imine (C=N–C) groups is 1. The molecule has 1 saturated heterocycles. The highest BCUT2D eigenvalue weighted by atomic mass is 32.1. The third-order valence-corrected chi connectivity index (χ3v) is 24.1. The lowest BCUT2D eigenvalue weighted by Crippen LogP contribution is -2.42. The number of hydrogen-bond donors (Lipinski definition) is 3. The third kappa shape index (κ3) is 15.5. The van der Waals surface area contributed by atoms with Crippen LogP contribution >= 0.6 is 11.3 Å². The van der Waals surface area contributed by atoms with Crippen LogP contribution in [-0.4, -0.2) is 196 Å². The Morgan fingerprint density at radius 1 is 0.508 bits per heavy atom. The quantitative estimate of drug-likeness (QED) is 0.0633. The zero-order chi connectivity index (χ0) is 88.6. The van der Waals surface area contributed by atoms with Gasteiger partial charge in [-0.1, -0.05) is 23.5 Å². The van der Waals surface area contributed by atoms with Gasteiger partial charge in [-0.2, -0.15) is 95.0 Å². The van der Waals surface area contributed by atoms with Gasteiger partial charge in [0.25, 0.3) is 0 Å². The number of amides is 1. The molecular weight excluding hydrogens is 1720 g/mol. The number of aromatic nitrogens is 27. The average Bonchev–Trinajstić information content (AvgIpc) is 0.968. The predicted octanol–water partition coefficient (Wildman–Crippen LogP) is 11.1. The maximum Gasteiger partial charge on any atom is 0.342 e. The van der Waals surface area contributed by atoms with Crippen molar-refractivity contribution < 1.29 is 49.0 Å². The van der Waals surface area contributed by atoms with Crippen LogP contribution in [0, 0.1) is 17.5 Å². The summed E-state index contributed by atoms with van der Waals surface area (Å²) >= 11 is 1.33. The maximum absolute atomic E-state index is 15.9. The third-order valence-electron chi connectivity index (χ3n) is 23.2. The number of amidine groups is 1. The minimum Gasteiger partial charge on any atom is -0.387 e. The van der Waals surface area contributed by atoms with Gasteiger partial charge in [0.1, 0.15) is 23.3 Å². The van der Waals surface area contributed by atoms with Crippen molar-refractivity contribution in [3.63, 3.8) is 0 Å². The first kappa shape index (κ1) is 80.8. The number of thiazole rings is 1. The minimum atomic E-state index is -3.90. The van der Waals surface area contributed by atoms with Crippen LogP contribution in [0.25, 0.3) is 94.8 Å². The summed E-state index contributed by atoms with van der Waals surface area (Å²) in [5.41, 5.74) is 18.3. The predicted molar refractivity (Wildman–Crippen MR) is 451 cm³/mol. The number of nitrogens with zero attached hydrogens (tertiary/aromatic N) is 30. The van der Waals surface area contributed by atoms with E-state index in [0.29, 0.717) is 147 Å². The zero-order valence-corrected chi connectivity index (χ0v) is 68.9. The smallest absolute Gasteiger partial charge is 0.342 e. The molecule has 0 radical (unpaired) electrons. The van der Waals surface area contributed by atoms with Crippen molar-refractivity contribution in [1.82, 2.24) is 143 Å². The van der Waals surface area contributed by atoms with Gasteiger partial charge in [0.05, 0.1) is 129 Å². The maximum atomic E-state index is 15.9. The van der Waals surface area contributed by atoms with Gasteiger partial charge in [0, 0.05) is 121 Å². The molecule has 4 aromatic carbocycles. The van der Waals surface area contributed by atoms with Crippen molar-refractivity contribution in [2.45, 2.75) is 106 Å². The number of rotatable bonds is 19. The van der Waals surface area contributed by atoms with E-state index in [1.807, 2.05) is 61.8 Å². The first-order valence-electron chi connectivity index (χ1n) is 41.7. The molecule has 5 N–H and O–H groups in total. The molecule has 14 aromatic heterocycles. The normalized spacial score (nSPS) is 15.8. The number of morpholine rings is 1. The molecule has 4 aliphatic carbocycles. The second-order valence-corrected chi connectivity index (χ2v) is 33.5. The Hall–Kier alpha value is -15.0. The Labute approximate surface area is 729 Å². The van der Waals surface area contributed by atoms with Crippen molar-refractivity contribution in [1.29, 1.82) is 0 Å². The monoisotopic (exact) mass is 1790 g/mol. The van der Waals surface area contributed by atoms with E-state index >= 15 is 30.7 Å². The molecule has 0 unspecified atom stereocenters. The van der Waals surface area contributed by atoms with Gasteiger partial charge in [-0.05, 0) is 147 Å². The molecule has 1 amide bonds. The van der Waals surface area contributed by atoms with Gasteiger partial charge in [-0.15, -0.1) is 40.8 Å². The number of nitrogen functional groups attached to an aromatic ring is 1. The fraction of sp³-hybridized carbons (Fsp3) is 0.282. The molecule has 25 rings (SSSR count). The van der Waals surface area contributed by atoms with Gasteiger partial charge >= 0.3 is 23.8 Å². The van der Waals surface area contributed by atoms with Gasteiger partial charge in [0.15, 0.2) is 33.5 Å². The molecule has 0 atom stereocenters. The number of benzene rings is 4. The topological polar surface area (TPSA) is 393 Å². The summed E-state index contributed by atoms with van der Waals surface area (Å²) in [5, 5.41) is 74.3. The zero-order valence-electron chi connectivity index (χ0n) is 68.1. The molecular formula is C85H70F9N33O2S. The molecule has 17 heterocycles. The number of carbonyl (C=O) groups excluding carboxylic acids is 1. The minimum absolute atomic E-state index is 0.0598. The van der Waals surface area contributed by atoms with Gasteiger partial charge in [0.2, 0.25) is 17.5 Å². The van der Waals surface area contributed by atoms with Crippen LogP contribution in [-0.2, 0) is 35.3 Å². The number of alkyl halides is 6. The number of halogens is 9. The molecule has 656 valence electrons. The number of nitrogens with one attached hydrogen (secondary N) is 1. The van der Waals surface area contributed by atoms with Crippen LogP contribution in [0.3, 0.4) is 0 Å². The highest BCUT2D eigenvalue weighted by molar-refractivity contribution is 7.22. The molecule has 130 heavy (non-hydrogen) atoms. The van der Waals surface area contributed by atoms with Crippen LogP contribution in [0.1, 0.15) is 127 Å². The largest absolute Gasteiger partial charge is 0.387 e. The Morgan fingerprint density at radius 3 is 1.52 bits per heavy atom. The first-order chi connectivity index (χ1) is 63.0. The molecule has 5 fully saturated rings. The van der Waals surface area contributed by atoms with Crippen molar-refractivity contribution in [2.75, 3.05) is 51.7 Å². The van der Waals surface area contributed by atoms with E-state index in [4.69, 9.17) is 16.2 Å². The van der Waals surface area contributed by atoms with E-state index in [1.54, 1.807) is 71.6 Å². The van der Waals surface area contributed by atoms with Crippen molar-refractivity contribution >= 4 is 83.8 Å². The fourth-order valence-corrected chi connectivity index (χ4v) is 16.4. The van der Waals surface area contributed by atoms with Gasteiger partial charge in [-0.3, -0.25) is 28.6 Å². The van der Waals surface area contributed by atoms with Crippen LogP contribution in [0.4, 0.5) is 55.1 Å². The number of nitrogens with two attached hydrogens (primary N) is 2. The summed E-state index contributed by atoms with van der Waals surface area (Å²) in [6.45, 7) is 4.18. The lowest BCUT2D eigenvalue weighted by atomic mass is 10.0. The van der Waals surface area contributed by atoms with E-state index in [1.165, 1.54) is 54.6 Å². The van der Waals surface area contributed by atoms with E-state index in [0.717, 1.165) is 116 Å². The van der Waals surface area contributed by atoms with Crippen LogP contribution in [0.5, 0.6) is 0 Å². The molecule has 7 aliphatic rings. The first-order valence-corrected chi connectivity index (χ1v) is 42.5. The Morgan fingerprint density at radius 2 is 0.992 bits per heavy atom. The molecule has 0 bridgehead atoms. The second kappa shape index (κ2) is 31.8. The van der Waals surface area contributed by atoms with E-state index in [-0.39, 0.29) is 45.6 Å². The number of ether oxygens (including phenoxy) is 1. The van der Waals surface area contributed by atoms with Crippen LogP contribution < -0.4 is 27.4 Å². The van der Waals surface area contributed by atoms with E-state index in [2.05, 4.69) is 112 Å². The van der Waals surface area contributed by atoms with E-state index < -0.39 is 64.0 Å². The molecule has 45 heteroatoms. The van der Waals surface area contributed by atoms with Crippen molar-refractivity contribution in [3.05, 3.63) is 238 Å². The molecule has 3 aliphatic heterocycles.